The molecule has 156 valence electrons. The van der Waals surface area contributed by atoms with Crippen LogP contribution in [0.2, 0.25) is 5.02 Å². The van der Waals surface area contributed by atoms with Gasteiger partial charge in [0.25, 0.3) is 0 Å². The summed E-state index contributed by atoms with van der Waals surface area (Å²) in [4.78, 5) is 9.55. The van der Waals surface area contributed by atoms with Crippen molar-refractivity contribution in [3.8, 4) is 28.6 Å². The van der Waals surface area contributed by atoms with Gasteiger partial charge in [0.2, 0.25) is 0 Å². The molecule has 0 fully saturated rings. The molecule has 0 aliphatic rings. The molecule has 0 atom stereocenters. The van der Waals surface area contributed by atoms with Crippen LogP contribution < -0.4 is 5.32 Å². The molecule has 0 aliphatic heterocycles. The second kappa shape index (κ2) is 8.17. The van der Waals surface area contributed by atoms with Crippen LogP contribution in [-0.2, 0) is 13.6 Å². The second-order valence-electron chi connectivity index (χ2n) is 7.43. The summed E-state index contributed by atoms with van der Waals surface area (Å²) in [6.07, 6.45) is 5.70. The summed E-state index contributed by atoms with van der Waals surface area (Å²) in [5, 5.41) is 21.4. The summed E-state index contributed by atoms with van der Waals surface area (Å²) in [7, 11) is 1.97. The molecule has 3 heterocycles. The number of rotatable bonds is 5. The number of nitrogens with one attached hydrogen (secondary N) is 2. The first-order valence-corrected chi connectivity index (χ1v) is 10.4. The smallest absolute Gasteiger partial charge is 0.183 e. The molecule has 3 aromatic heterocycles. The highest BCUT2D eigenvalue weighted by Gasteiger charge is 2.18. The zero-order valence-electron chi connectivity index (χ0n) is 17.2. The maximum atomic E-state index is 9.81. The Bertz CT molecular complexity index is 1460. The van der Waals surface area contributed by atoms with Gasteiger partial charge in [0.15, 0.2) is 11.5 Å². The van der Waals surface area contributed by atoms with Gasteiger partial charge in [0, 0.05) is 42.5 Å². The Labute approximate surface area is 189 Å². The first-order valence-electron chi connectivity index (χ1n) is 9.97. The molecule has 0 unspecified atom stereocenters. The van der Waals surface area contributed by atoms with Crippen LogP contribution in [0.1, 0.15) is 11.3 Å². The Morgan fingerprint density at radius 1 is 1.09 bits per heavy atom. The van der Waals surface area contributed by atoms with Crippen LogP contribution in [0, 0.1) is 11.3 Å². The molecule has 0 radical (unpaired) electrons. The lowest BCUT2D eigenvalue weighted by atomic mass is 10.0. The van der Waals surface area contributed by atoms with Crippen molar-refractivity contribution >= 4 is 28.3 Å². The van der Waals surface area contributed by atoms with Gasteiger partial charge in [-0.1, -0.05) is 41.9 Å². The summed E-state index contributed by atoms with van der Waals surface area (Å²) in [5.41, 5.74) is 4.97. The fourth-order valence-corrected chi connectivity index (χ4v) is 3.91. The normalized spacial score (nSPS) is 10.9. The molecule has 0 aliphatic carbocycles. The van der Waals surface area contributed by atoms with Gasteiger partial charge in [-0.15, -0.1) is 0 Å². The van der Waals surface area contributed by atoms with E-state index in [1.165, 1.54) is 0 Å². The molecule has 2 N–H and O–H groups in total. The van der Waals surface area contributed by atoms with Crippen molar-refractivity contribution in [3.63, 3.8) is 0 Å². The van der Waals surface area contributed by atoms with E-state index in [1.54, 1.807) is 6.20 Å². The van der Waals surface area contributed by atoms with Gasteiger partial charge in [0.1, 0.15) is 6.07 Å². The number of aromatic amines is 1. The fourth-order valence-electron chi connectivity index (χ4n) is 3.64. The lowest BCUT2D eigenvalue weighted by Crippen LogP contribution is -2.07. The maximum Gasteiger partial charge on any atom is 0.183 e. The Kier molecular flexibility index (Phi) is 5.06. The summed E-state index contributed by atoms with van der Waals surface area (Å²) < 4.78 is 1.97. The molecule has 32 heavy (non-hydrogen) atoms. The first kappa shape index (κ1) is 19.8. The van der Waals surface area contributed by atoms with E-state index >= 15 is 0 Å². The standard InChI is InChI=1S/C24H18ClN7/c1-32-8-7-15(14-32)12-27-24-20(11-26)29-23(22(30-24)16-5-3-2-4-6-16)17-9-18-13-28-31-21(18)19(25)10-17/h2-10,13-14H,12H2,1H3,(H,27,30)(H,28,31). The van der Waals surface area contributed by atoms with Gasteiger partial charge in [-0.2, -0.15) is 10.4 Å². The maximum absolute atomic E-state index is 9.81. The number of hydrogen-bond donors (Lipinski definition) is 2. The Hall–Kier alpha value is -4.15. The number of fused-ring (bicyclic) bond motifs is 1. The van der Waals surface area contributed by atoms with Crippen LogP contribution in [0.5, 0.6) is 0 Å². The minimum Gasteiger partial charge on any atom is -0.364 e. The highest BCUT2D eigenvalue weighted by atomic mass is 35.5. The molecular formula is C24H18ClN7. The third-order valence-electron chi connectivity index (χ3n) is 5.18. The molecule has 8 heteroatoms. The summed E-state index contributed by atoms with van der Waals surface area (Å²) in [6, 6.07) is 17.7. The van der Waals surface area contributed by atoms with Gasteiger partial charge in [0.05, 0.1) is 28.1 Å². The molecule has 7 nitrogen and oxygen atoms in total. The van der Waals surface area contributed by atoms with E-state index in [4.69, 9.17) is 21.6 Å². The number of nitriles is 1. The fraction of sp³-hybridized carbons (Fsp3) is 0.0833. The van der Waals surface area contributed by atoms with Crippen LogP contribution in [-0.4, -0.2) is 24.7 Å². The molecule has 0 saturated carbocycles. The van der Waals surface area contributed by atoms with Gasteiger partial charge in [-0.25, -0.2) is 9.97 Å². The topological polar surface area (TPSA) is 95.2 Å². The predicted molar refractivity (Wildman–Crippen MR) is 125 cm³/mol. The lowest BCUT2D eigenvalue weighted by molar-refractivity contribution is 0.919. The molecular weight excluding hydrogens is 422 g/mol. The third kappa shape index (κ3) is 3.68. The van der Waals surface area contributed by atoms with Gasteiger partial charge in [-0.3, -0.25) is 5.10 Å². The zero-order chi connectivity index (χ0) is 22.1. The monoisotopic (exact) mass is 439 g/mol. The minimum absolute atomic E-state index is 0.221. The Morgan fingerprint density at radius 3 is 2.66 bits per heavy atom. The Morgan fingerprint density at radius 2 is 1.91 bits per heavy atom. The Balaban J connectivity index is 1.65. The van der Waals surface area contributed by atoms with Crippen LogP contribution >= 0.6 is 11.6 Å². The lowest BCUT2D eigenvalue weighted by Gasteiger charge is -2.14. The molecule has 2 aromatic carbocycles. The van der Waals surface area contributed by atoms with E-state index in [2.05, 4.69) is 21.6 Å². The largest absolute Gasteiger partial charge is 0.364 e. The van der Waals surface area contributed by atoms with E-state index in [1.807, 2.05) is 72.5 Å². The number of aromatic nitrogens is 5. The van der Waals surface area contributed by atoms with Crippen molar-refractivity contribution in [1.82, 2.24) is 24.7 Å². The first-order chi connectivity index (χ1) is 15.6. The van der Waals surface area contributed by atoms with Crippen LogP contribution in [0.25, 0.3) is 33.4 Å². The van der Waals surface area contributed by atoms with Crippen molar-refractivity contribution in [2.24, 2.45) is 7.05 Å². The number of hydrogen-bond acceptors (Lipinski definition) is 5. The third-order valence-corrected chi connectivity index (χ3v) is 5.47. The van der Waals surface area contributed by atoms with Crippen molar-refractivity contribution in [3.05, 3.63) is 83.4 Å². The molecule has 0 saturated heterocycles. The average molecular weight is 440 g/mol. The second-order valence-corrected chi connectivity index (χ2v) is 7.83. The molecule has 0 bridgehead atoms. The number of benzene rings is 2. The van der Waals surface area contributed by atoms with E-state index in [0.29, 0.717) is 28.8 Å². The average Bonchev–Trinajstić information content (AvgIpc) is 3.46. The van der Waals surface area contributed by atoms with Crippen LogP contribution in [0.15, 0.2) is 67.1 Å². The summed E-state index contributed by atoms with van der Waals surface area (Å²) >= 11 is 6.48. The molecule has 0 amide bonds. The van der Waals surface area contributed by atoms with Crippen molar-refractivity contribution in [2.45, 2.75) is 6.54 Å². The summed E-state index contributed by atoms with van der Waals surface area (Å²) in [5.74, 6) is 0.439. The highest BCUT2D eigenvalue weighted by molar-refractivity contribution is 6.35. The zero-order valence-corrected chi connectivity index (χ0v) is 17.9. The van der Waals surface area contributed by atoms with E-state index in [0.717, 1.165) is 27.6 Å². The predicted octanol–water partition coefficient (Wildman–Crippen LogP) is 5.16. The highest BCUT2D eigenvalue weighted by Crippen LogP contribution is 2.35. The number of anilines is 1. The van der Waals surface area contributed by atoms with Gasteiger partial charge >= 0.3 is 0 Å². The van der Waals surface area contributed by atoms with E-state index in [-0.39, 0.29) is 5.69 Å². The van der Waals surface area contributed by atoms with Crippen molar-refractivity contribution in [2.75, 3.05) is 5.32 Å². The van der Waals surface area contributed by atoms with Crippen LogP contribution in [0.3, 0.4) is 0 Å². The van der Waals surface area contributed by atoms with E-state index < -0.39 is 0 Å². The van der Waals surface area contributed by atoms with Gasteiger partial charge in [-0.05, 0) is 23.8 Å². The molecule has 5 aromatic rings. The van der Waals surface area contributed by atoms with E-state index in [9.17, 15) is 5.26 Å². The van der Waals surface area contributed by atoms with Crippen molar-refractivity contribution < 1.29 is 0 Å². The number of H-pyrrole nitrogens is 1. The SMILES string of the molecule is Cn1ccc(CNc2nc(-c3ccccc3)c(-c3cc(Cl)c4[nH]ncc4c3)nc2C#N)c1. The molecule has 0 spiro atoms. The number of nitrogens with zero attached hydrogens (tertiary/aromatic N) is 5. The quantitative estimate of drug-likeness (QED) is 0.394. The number of halogens is 1. The van der Waals surface area contributed by atoms with Crippen LogP contribution in [0.4, 0.5) is 5.82 Å². The minimum atomic E-state index is 0.221. The summed E-state index contributed by atoms with van der Waals surface area (Å²) in [6.45, 7) is 0.532. The number of aryl methyl sites for hydroxylation is 1. The van der Waals surface area contributed by atoms with Crippen molar-refractivity contribution in [1.29, 1.82) is 5.26 Å². The van der Waals surface area contributed by atoms with Gasteiger partial charge < -0.3 is 9.88 Å². The molecule has 5 rings (SSSR count).